The molecule has 1 saturated carbocycles. The van der Waals surface area contributed by atoms with Gasteiger partial charge in [0.1, 0.15) is 0 Å². The molecule has 0 aromatic carbocycles. The van der Waals surface area contributed by atoms with E-state index in [1.807, 2.05) is 0 Å². The zero-order chi connectivity index (χ0) is 12.0. The van der Waals surface area contributed by atoms with Gasteiger partial charge >= 0.3 is 0 Å². The Bertz CT molecular complexity index is 179. The molecular formula is C13H28N2O. The van der Waals surface area contributed by atoms with E-state index in [9.17, 15) is 0 Å². The number of hydrogen-bond donors (Lipinski definition) is 1. The molecular weight excluding hydrogens is 200 g/mol. The lowest BCUT2D eigenvalue weighted by atomic mass is 10.1. The topological polar surface area (TPSA) is 38.5 Å². The van der Waals surface area contributed by atoms with E-state index in [4.69, 9.17) is 10.5 Å². The van der Waals surface area contributed by atoms with Gasteiger partial charge in [-0.2, -0.15) is 0 Å². The third-order valence-electron chi connectivity index (χ3n) is 3.71. The van der Waals surface area contributed by atoms with E-state index >= 15 is 0 Å². The molecule has 0 spiro atoms. The van der Waals surface area contributed by atoms with Crippen molar-refractivity contribution in [3.63, 3.8) is 0 Å². The fourth-order valence-electron chi connectivity index (χ4n) is 2.38. The van der Waals surface area contributed by atoms with E-state index in [-0.39, 0.29) is 0 Å². The monoisotopic (exact) mass is 228 g/mol. The third kappa shape index (κ3) is 4.40. The van der Waals surface area contributed by atoms with Crippen LogP contribution in [0.1, 0.15) is 39.5 Å². The van der Waals surface area contributed by atoms with Gasteiger partial charge < -0.3 is 10.5 Å². The molecule has 1 aliphatic rings. The molecule has 96 valence electrons. The molecule has 0 aromatic heterocycles. The lowest BCUT2D eigenvalue weighted by molar-refractivity contribution is 0.108. The first-order valence-corrected chi connectivity index (χ1v) is 6.71. The Kier molecular flexibility index (Phi) is 6.32. The minimum absolute atomic E-state index is 0.373. The van der Waals surface area contributed by atoms with Crippen molar-refractivity contribution in [3.05, 3.63) is 0 Å². The summed E-state index contributed by atoms with van der Waals surface area (Å²) in [6.45, 7) is 7.39. The molecule has 2 N–H and O–H groups in total. The Hall–Kier alpha value is -0.120. The van der Waals surface area contributed by atoms with Gasteiger partial charge in [-0.15, -0.1) is 0 Å². The smallest absolute Gasteiger partial charge is 0.0589 e. The molecule has 0 bridgehead atoms. The summed E-state index contributed by atoms with van der Waals surface area (Å²) < 4.78 is 5.19. The van der Waals surface area contributed by atoms with E-state index in [1.165, 1.54) is 25.7 Å². The molecule has 1 rings (SSSR count). The number of nitrogens with zero attached hydrogens (tertiary/aromatic N) is 1. The van der Waals surface area contributed by atoms with Crippen LogP contribution in [-0.4, -0.2) is 43.8 Å². The van der Waals surface area contributed by atoms with E-state index in [2.05, 4.69) is 18.7 Å². The summed E-state index contributed by atoms with van der Waals surface area (Å²) in [6.07, 6.45) is 5.08. The molecule has 0 aromatic rings. The molecule has 3 nitrogen and oxygen atoms in total. The first-order valence-electron chi connectivity index (χ1n) is 6.71. The highest BCUT2D eigenvalue weighted by atomic mass is 16.5. The van der Waals surface area contributed by atoms with Gasteiger partial charge in [0.25, 0.3) is 0 Å². The highest BCUT2D eigenvalue weighted by molar-refractivity contribution is 4.87. The Balaban J connectivity index is 2.40. The van der Waals surface area contributed by atoms with Crippen molar-refractivity contribution in [1.29, 1.82) is 0 Å². The maximum Gasteiger partial charge on any atom is 0.0589 e. The number of hydrogen-bond acceptors (Lipinski definition) is 3. The van der Waals surface area contributed by atoms with Crippen molar-refractivity contribution >= 4 is 0 Å². The Morgan fingerprint density at radius 3 is 2.38 bits per heavy atom. The molecule has 1 atom stereocenters. The minimum atomic E-state index is 0.373. The average Bonchev–Trinajstić information content (AvgIpc) is 3.10. The number of rotatable bonds is 9. The van der Waals surface area contributed by atoms with Crippen LogP contribution < -0.4 is 5.73 Å². The predicted molar refractivity (Wildman–Crippen MR) is 68.5 cm³/mol. The molecule has 3 heteroatoms. The van der Waals surface area contributed by atoms with Gasteiger partial charge in [-0.05, 0) is 31.6 Å². The van der Waals surface area contributed by atoms with Crippen LogP contribution in [0.3, 0.4) is 0 Å². The minimum Gasteiger partial charge on any atom is -0.383 e. The van der Waals surface area contributed by atoms with Crippen molar-refractivity contribution in [2.45, 2.75) is 51.6 Å². The molecule has 1 aliphatic carbocycles. The van der Waals surface area contributed by atoms with Crippen LogP contribution in [0.15, 0.2) is 0 Å². The highest BCUT2D eigenvalue weighted by Crippen LogP contribution is 2.32. The fourth-order valence-corrected chi connectivity index (χ4v) is 2.38. The Morgan fingerprint density at radius 1 is 1.31 bits per heavy atom. The van der Waals surface area contributed by atoms with Gasteiger partial charge in [-0.25, -0.2) is 0 Å². The van der Waals surface area contributed by atoms with Crippen molar-refractivity contribution in [2.75, 3.05) is 26.8 Å². The second kappa shape index (κ2) is 7.25. The molecule has 1 unspecified atom stereocenters. The second-order valence-corrected chi connectivity index (χ2v) is 4.96. The van der Waals surface area contributed by atoms with E-state index in [1.54, 1.807) is 7.11 Å². The first-order chi connectivity index (χ1) is 7.72. The summed E-state index contributed by atoms with van der Waals surface area (Å²) in [4.78, 5) is 2.52. The molecule has 16 heavy (non-hydrogen) atoms. The van der Waals surface area contributed by atoms with Crippen LogP contribution in [0, 0.1) is 5.92 Å². The Morgan fingerprint density at radius 2 is 1.94 bits per heavy atom. The summed E-state index contributed by atoms with van der Waals surface area (Å²) in [5.41, 5.74) is 6.22. The van der Waals surface area contributed by atoms with Crippen LogP contribution in [-0.2, 0) is 4.74 Å². The predicted octanol–water partition coefficient (Wildman–Crippen LogP) is 1.86. The van der Waals surface area contributed by atoms with Gasteiger partial charge in [-0.1, -0.05) is 13.8 Å². The molecule has 0 heterocycles. The number of methoxy groups -OCH3 is 1. The van der Waals surface area contributed by atoms with E-state index < -0.39 is 0 Å². The van der Waals surface area contributed by atoms with Crippen LogP contribution in [0.2, 0.25) is 0 Å². The van der Waals surface area contributed by atoms with Gasteiger partial charge in [0.2, 0.25) is 0 Å². The second-order valence-electron chi connectivity index (χ2n) is 4.96. The van der Waals surface area contributed by atoms with E-state index in [0.717, 1.165) is 25.6 Å². The third-order valence-corrected chi connectivity index (χ3v) is 3.71. The van der Waals surface area contributed by atoms with Crippen molar-refractivity contribution < 1.29 is 4.74 Å². The van der Waals surface area contributed by atoms with Crippen molar-refractivity contribution in [1.82, 2.24) is 4.90 Å². The zero-order valence-corrected chi connectivity index (χ0v) is 11.1. The van der Waals surface area contributed by atoms with Gasteiger partial charge in [0.05, 0.1) is 6.61 Å². The lowest BCUT2D eigenvalue weighted by Crippen LogP contribution is -2.45. The zero-order valence-electron chi connectivity index (χ0n) is 11.1. The molecule has 0 saturated heterocycles. The van der Waals surface area contributed by atoms with Crippen LogP contribution in [0.4, 0.5) is 0 Å². The average molecular weight is 228 g/mol. The largest absolute Gasteiger partial charge is 0.383 e. The highest BCUT2D eigenvalue weighted by Gasteiger charge is 2.30. The van der Waals surface area contributed by atoms with Crippen LogP contribution in [0.25, 0.3) is 0 Å². The summed E-state index contributed by atoms with van der Waals surface area (Å²) in [6, 6.07) is 1.04. The van der Waals surface area contributed by atoms with Crippen LogP contribution >= 0.6 is 0 Å². The summed E-state index contributed by atoms with van der Waals surface area (Å²) >= 11 is 0. The number of nitrogens with two attached hydrogens (primary N) is 1. The quantitative estimate of drug-likeness (QED) is 0.654. The maximum atomic E-state index is 6.22. The lowest BCUT2D eigenvalue weighted by Gasteiger charge is -2.32. The Labute approximate surface area is 100 Å². The number of ether oxygens (including phenoxy) is 1. The summed E-state index contributed by atoms with van der Waals surface area (Å²) in [5.74, 6) is 0.791. The molecule has 0 aliphatic heterocycles. The fraction of sp³-hybridized carbons (Fsp3) is 1.00. The van der Waals surface area contributed by atoms with Gasteiger partial charge in [0, 0.05) is 32.3 Å². The normalized spacial score (nSPS) is 18.4. The van der Waals surface area contributed by atoms with Gasteiger partial charge in [-0.3, -0.25) is 4.90 Å². The van der Waals surface area contributed by atoms with Crippen molar-refractivity contribution in [2.24, 2.45) is 11.7 Å². The molecule has 0 amide bonds. The standard InChI is InChI=1S/C13H28N2O/c1-4-12(5-2)15(8-9-16-3)10-13(14)11-6-7-11/h11-13H,4-10,14H2,1-3H3. The van der Waals surface area contributed by atoms with Crippen LogP contribution in [0.5, 0.6) is 0 Å². The van der Waals surface area contributed by atoms with Gasteiger partial charge in [0.15, 0.2) is 0 Å². The molecule has 0 radical (unpaired) electrons. The van der Waals surface area contributed by atoms with E-state index in [0.29, 0.717) is 12.1 Å². The molecule has 1 fully saturated rings. The maximum absolute atomic E-state index is 6.22. The SMILES string of the molecule is CCC(CC)N(CCOC)CC(N)C1CC1. The first kappa shape index (κ1) is 13.9. The summed E-state index contributed by atoms with van der Waals surface area (Å²) in [5, 5.41) is 0. The van der Waals surface area contributed by atoms with Crippen molar-refractivity contribution in [3.8, 4) is 0 Å². The summed E-state index contributed by atoms with van der Waals surface area (Å²) in [7, 11) is 1.77.